The van der Waals surface area contributed by atoms with Crippen molar-refractivity contribution in [2.75, 3.05) is 11.9 Å². The number of amides is 3. The minimum atomic E-state index is -0.505. The molecule has 1 aliphatic rings. The number of hydrogen-bond acceptors (Lipinski definition) is 3. The van der Waals surface area contributed by atoms with Crippen LogP contribution >= 0.6 is 12.2 Å². The standard InChI is InChI=1S/C12H14N4O2S/c1-7-4-3-5-9(8(7)2)13-11(19)15-16-6-10(17)14-12(16)18/h3-5H,6H2,1-2H3,(H2,13,15,19)(H,14,17,18). The lowest BCUT2D eigenvalue weighted by atomic mass is 10.1. The second kappa shape index (κ2) is 5.23. The topological polar surface area (TPSA) is 73.5 Å². The number of hydrogen-bond donors (Lipinski definition) is 3. The number of rotatable bonds is 2. The zero-order valence-corrected chi connectivity index (χ0v) is 11.4. The third kappa shape index (κ3) is 3.00. The summed E-state index contributed by atoms with van der Waals surface area (Å²) in [6.07, 6.45) is 0. The number of benzene rings is 1. The number of aryl methyl sites for hydroxylation is 1. The van der Waals surface area contributed by atoms with Crippen LogP contribution in [0.1, 0.15) is 11.1 Å². The SMILES string of the molecule is Cc1cccc(NC(=S)NN2CC(=O)NC2=O)c1C. The first-order valence-electron chi connectivity index (χ1n) is 5.72. The summed E-state index contributed by atoms with van der Waals surface area (Å²) < 4.78 is 0. The highest BCUT2D eigenvalue weighted by molar-refractivity contribution is 7.80. The second-order valence-electron chi connectivity index (χ2n) is 4.25. The Kier molecular flexibility index (Phi) is 3.66. The molecule has 1 saturated heterocycles. The number of urea groups is 1. The Morgan fingerprint density at radius 1 is 1.37 bits per heavy atom. The highest BCUT2D eigenvalue weighted by atomic mass is 32.1. The van der Waals surface area contributed by atoms with Crippen LogP contribution in [0.2, 0.25) is 0 Å². The van der Waals surface area contributed by atoms with Gasteiger partial charge in [0.1, 0.15) is 6.54 Å². The van der Waals surface area contributed by atoms with Crippen LogP contribution in [-0.4, -0.2) is 28.6 Å². The van der Waals surface area contributed by atoms with Gasteiger partial charge in [0.05, 0.1) is 0 Å². The summed E-state index contributed by atoms with van der Waals surface area (Å²) in [5, 5.41) is 6.55. The van der Waals surface area contributed by atoms with Crippen molar-refractivity contribution in [3.05, 3.63) is 29.3 Å². The van der Waals surface area contributed by atoms with E-state index in [0.717, 1.165) is 21.8 Å². The van der Waals surface area contributed by atoms with E-state index in [1.807, 2.05) is 32.0 Å². The van der Waals surface area contributed by atoms with Crippen LogP contribution in [0.25, 0.3) is 0 Å². The Bertz CT molecular complexity index is 559. The van der Waals surface area contributed by atoms with Gasteiger partial charge in [-0.3, -0.25) is 15.5 Å². The second-order valence-corrected chi connectivity index (χ2v) is 4.66. The lowest BCUT2D eigenvalue weighted by molar-refractivity contribution is -0.118. The molecule has 0 atom stereocenters. The summed E-state index contributed by atoms with van der Waals surface area (Å²) in [7, 11) is 0. The molecular weight excluding hydrogens is 264 g/mol. The van der Waals surface area contributed by atoms with Gasteiger partial charge in [0.15, 0.2) is 5.11 Å². The van der Waals surface area contributed by atoms with Crippen LogP contribution in [0.5, 0.6) is 0 Å². The zero-order valence-electron chi connectivity index (χ0n) is 10.6. The molecule has 100 valence electrons. The molecule has 19 heavy (non-hydrogen) atoms. The minimum absolute atomic E-state index is 0.0482. The lowest BCUT2D eigenvalue weighted by Crippen LogP contribution is -2.46. The van der Waals surface area contributed by atoms with Gasteiger partial charge in [-0.05, 0) is 43.3 Å². The lowest BCUT2D eigenvalue weighted by Gasteiger charge is -2.18. The highest BCUT2D eigenvalue weighted by Gasteiger charge is 2.27. The fourth-order valence-electron chi connectivity index (χ4n) is 1.69. The van der Waals surface area contributed by atoms with Gasteiger partial charge in [-0.1, -0.05) is 12.1 Å². The highest BCUT2D eigenvalue weighted by Crippen LogP contribution is 2.17. The normalized spacial score (nSPS) is 14.3. The first-order chi connectivity index (χ1) is 8.97. The molecule has 0 spiro atoms. The third-order valence-electron chi connectivity index (χ3n) is 2.88. The van der Waals surface area contributed by atoms with Crippen LogP contribution in [0.3, 0.4) is 0 Å². The number of imide groups is 1. The Hall–Kier alpha value is -2.15. The first-order valence-corrected chi connectivity index (χ1v) is 6.13. The van der Waals surface area contributed by atoms with Crippen LogP contribution < -0.4 is 16.1 Å². The van der Waals surface area contributed by atoms with Crippen molar-refractivity contribution in [3.8, 4) is 0 Å². The van der Waals surface area contributed by atoms with E-state index < -0.39 is 6.03 Å². The summed E-state index contributed by atoms with van der Waals surface area (Å²) in [6.45, 7) is 3.93. The molecule has 1 heterocycles. The Balaban J connectivity index is 2.00. The van der Waals surface area contributed by atoms with Gasteiger partial charge in [-0.15, -0.1) is 0 Å². The molecule has 1 aliphatic heterocycles. The molecule has 3 amide bonds. The van der Waals surface area contributed by atoms with Crippen molar-refractivity contribution in [1.29, 1.82) is 0 Å². The summed E-state index contributed by atoms with van der Waals surface area (Å²) in [5.41, 5.74) is 5.76. The van der Waals surface area contributed by atoms with Crippen molar-refractivity contribution in [2.45, 2.75) is 13.8 Å². The molecular formula is C12H14N4O2S. The molecule has 0 saturated carbocycles. The van der Waals surface area contributed by atoms with Crippen molar-refractivity contribution in [3.63, 3.8) is 0 Å². The average Bonchev–Trinajstić information content (AvgIpc) is 2.64. The van der Waals surface area contributed by atoms with Gasteiger partial charge in [-0.2, -0.15) is 0 Å². The van der Waals surface area contributed by atoms with Crippen LogP contribution in [0.4, 0.5) is 10.5 Å². The Morgan fingerprint density at radius 2 is 2.11 bits per heavy atom. The molecule has 3 N–H and O–H groups in total. The smallest absolute Gasteiger partial charge is 0.331 e. The third-order valence-corrected chi connectivity index (χ3v) is 3.08. The number of anilines is 1. The minimum Gasteiger partial charge on any atom is -0.331 e. The average molecular weight is 278 g/mol. The molecule has 0 aliphatic carbocycles. The van der Waals surface area contributed by atoms with Crippen LogP contribution in [-0.2, 0) is 4.79 Å². The van der Waals surface area contributed by atoms with E-state index in [1.54, 1.807) is 0 Å². The number of nitrogens with one attached hydrogen (secondary N) is 3. The van der Waals surface area contributed by atoms with Crippen molar-refractivity contribution >= 4 is 35.0 Å². The number of hydrazine groups is 1. The number of carbonyl (C=O) groups is 2. The van der Waals surface area contributed by atoms with Crippen molar-refractivity contribution < 1.29 is 9.59 Å². The maximum Gasteiger partial charge on any atom is 0.343 e. The molecule has 6 nitrogen and oxygen atoms in total. The van der Waals surface area contributed by atoms with E-state index in [4.69, 9.17) is 12.2 Å². The van der Waals surface area contributed by atoms with E-state index >= 15 is 0 Å². The van der Waals surface area contributed by atoms with Crippen LogP contribution in [0, 0.1) is 13.8 Å². The van der Waals surface area contributed by atoms with Gasteiger partial charge in [0.2, 0.25) is 5.91 Å². The van der Waals surface area contributed by atoms with Gasteiger partial charge in [-0.25, -0.2) is 9.80 Å². The molecule has 1 fully saturated rings. The summed E-state index contributed by atoms with van der Waals surface area (Å²) >= 11 is 5.11. The van der Waals surface area contributed by atoms with E-state index in [-0.39, 0.29) is 17.6 Å². The number of nitrogens with zero attached hydrogens (tertiary/aromatic N) is 1. The zero-order chi connectivity index (χ0) is 14.0. The monoisotopic (exact) mass is 278 g/mol. The molecule has 7 heteroatoms. The fourth-order valence-corrected chi connectivity index (χ4v) is 1.91. The van der Waals surface area contributed by atoms with Crippen molar-refractivity contribution in [2.24, 2.45) is 0 Å². The number of thiocarbonyl (C=S) groups is 1. The maximum absolute atomic E-state index is 11.3. The molecule has 0 unspecified atom stereocenters. The van der Waals surface area contributed by atoms with Gasteiger partial charge < -0.3 is 5.32 Å². The van der Waals surface area contributed by atoms with Crippen LogP contribution in [0.15, 0.2) is 18.2 Å². The molecule has 0 aromatic heterocycles. The largest absolute Gasteiger partial charge is 0.343 e. The quantitative estimate of drug-likeness (QED) is 0.557. The summed E-state index contributed by atoms with van der Waals surface area (Å²) in [6, 6.07) is 5.31. The van der Waals surface area contributed by atoms with Crippen molar-refractivity contribution in [1.82, 2.24) is 15.8 Å². The Labute approximate surface area is 116 Å². The van der Waals surface area contributed by atoms with Gasteiger partial charge in [0, 0.05) is 5.69 Å². The van der Waals surface area contributed by atoms with E-state index in [1.165, 1.54) is 0 Å². The predicted octanol–water partition coefficient (Wildman–Crippen LogP) is 1.06. The van der Waals surface area contributed by atoms with Gasteiger partial charge >= 0.3 is 6.03 Å². The molecule has 1 aromatic carbocycles. The van der Waals surface area contributed by atoms with E-state index in [0.29, 0.717) is 0 Å². The summed E-state index contributed by atoms with van der Waals surface area (Å²) in [5.74, 6) is -0.355. The molecule has 1 aromatic rings. The summed E-state index contributed by atoms with van der Waals surface area (Å²) in [4.78, 5) is 22.4. The molecule has 0 radical (unpaired) electrons. The van der Waals surface area contributed by atoms with E-state index in [2.05, 4.69) is 16.1 Å². The fraction of sp³-hybridized carbons (Fsp3) is 0.250. The predicted molar refractivity (Wildman–Crippen MR) is 75.5 cm³/mol. The number of carbonyl (C=O) groups excluding carboxylic acids is 2. The Morgan fingerprint density at radius 3 is 2.74 bits per heavy atom. The first kappa shape index (κ1) is 13.3. The maximum atomic E-state index is 11.3. The van der Waals surface area contributed by atoms with E-state index in [9.17, 15) is 9.59 Å². The van der Waals surface area contributed by atoms with Gasteiger partial charge in [0.25, 0.3) is 0 Å². The molecule has 2 rings (SSSR count). The molecule has 0 bridgehead atoms.